The van der Waals surface area contributed by atoms with E-state index in [0.717, 1.165) is 31.5 Å². The van der Waals surface area contributed by atoms with Crippen LogP contribution in [-0.4, -0.2) is 34.0 Å². The Morgan fingerprint density at radius 3 is 2.92 bits per heavy atom. The number of nitrogens with zero attached hydrogens (tertiary/aromatic N) is 2. The molecule has 1 aliphatic rings. The summed E-state index contributed by atoms with van der Waals surface area (Å²) in [5.74, 6) is 1.00. The number of aromatic hydroxyl groups is 1. The largest absolute Gasteiger partial charge is 0.508 e. The van der Waals surface area contributed by atoms with Gasteiger partial charge in [-0.25, -0.2) is 4.98 Å². The van der Waals surface area contributed by atoms with Crippen molar-refractivity contribution in [2.24, 2.45) is 11.7 Å². The second kappa shape index (κ2) is 7.05. The Bertz CT molecular complexity index is 696. The predicted octanol–water partition coefficient (Wildman–Crippen LogP) is 2.49. The quantitative estimate of drug-likeness (QED) is 0.899. The number of likely N-dealkylation sites (tertiary alicyclic amines) is 1. The number of carbonyl (C=O) groups excluding carboxylic acids is 1. The van der Waals surface area contributed by atoms with Crippen LogP contribution in [0.15, 0.2) is 34.9 Å². The highest BCUT2D eigenvalue weighted by molar-refractivity contribution is 5.92. The zero-order chi connectivity index (χ0) is 17.1. The molecule has 3 N–H and O–H groups in total. The number of phenols is 1. The van der Waals surface area contributed by atoms with E-state index in [1.807, 2.05) is 4.90 Å². The molecule has 0 aliphatic carbocycles. The highest BCUT2D eigenvalue weighted by atomic mass is 16.3. The molecule has 1 aromatic heterocycles. The second-order valence-electron chi connectivity index (χ2n) is 6.55. The van der Waals surface area contributed by atoms with Crippen LogP contribution in [0.2, 0.25) is 0 Å². The molecule has 1 fully saturated rings. The molecule has 1 aliphatic heterocycles. The molecule has 1 amide bonds. The van der Waals surface area contributed by atoms with Crippen LogP contribution >= 0.6 is 0 Å². The smallest absolute Gasteiger partial charge is 0.275 e. The average molecular weight is 329 g/mol. The minimum absolute atomic E-state index is 0.0895. The average Bonchev–Trinajstić information content (AvgIpc) is 3.06. The van der Waals surface area contributed by atoms with Gasteiger partial charge in [-0.2, -0.15) is 0 Å². The van der Waals surface area contributed by atoms with Crippen molar-refractivity contribution in [2.45, 2.75) is 32.2 Å². The van der Waals surface area contributed by atoms with Crippen molar-refractivity contribution in [3.05, 3.63) is 47.7 Å². The van der Waals surface area contributed by atoms with E-state index >= 15 is 0 Å². The van der Waals surface area contributed by atoms with Gasteiger partial charge in [-0.1, -0.05) is 19.1 Å². The number of benzene rings is 1. The van der Waals surface area contributed by atoms with E-state index in [2.05, 4.69) is 11.9 Å². The zero-order valence-corrected chi connectivity index (χ0v) is 13.8. The lowest BCUT2D eigenvalue weighted by Gasteiger charge is -2.30. The van der Waals surface area contributed by atoms with Crippen molar-refractivity contribution in [3.63, 3.8) is 0 Å². The number of hydrogen-bond acceptors (Lipinski definition) is 5. The number of amides is 1. The van der Waals surface area contributed by atoms with E-state index < -0.39 is 6.04 Å². The number of phenolic OH excluding ortho intramolecular Hbond substituents is 1. The molecule has 24 heavy (non-hydrogen) atoms. The molecule has 1 aromatic carbocycles. The van der Waals surface area contributed by atoms with Crippen LogP contribution < -0.4 is 5.73 Å². The summed E-state index contributed by atoms with van der Waals surface area (Å²) in [6.45, 7) is 3.69. The summed E-state index contributed by atoms with van der Waals surface area (Å²) < 4.78 is 5.43. The van der Waals surface area contributed by atoms with Crippen molar-refractivity contribution in [3.8, 4) is 5.75 Å². The van der Waals surface area contributed by atoms with Gasteiger partial charge in [0.2, 0.25) is 5.89 Å². The molecule has 2 atom stereocenters. The third-order valence-electron chi connectivity index (χ3n) is 4.39. The first-order valence-electron chi connectivity index (χ1n) is 8.31. The number of rotatable bonds is 4. The minimum atomic E-state index is -0.434. The summed E-state index contributed by atoms with van der Waals surface area (Å²) in [7, 11) is 0. The van der Waals surface area contributed by atoms with Gasteiger partial charge in [-0.05, 0) is 42.9 Å². The van der Waals surface area contributed by atoms with Gasteiger partial charge in [0.1, 0.15) is 12.0 Å². The molecule has 1 saturated heterocycles. The number of aromatic nitrogens is 1. The van der Waals surface area contributed by atoms with Crippen molar-refractivity contribution in [2.75, 3.05) is 13.1 Å². The van der Waals surface area contributed by atoms with Crippen LogP contribution in [0.3, 0.4) is 0 Å². The van der Waals surface area contributed by atoms with Gasteiger partial charge in [-0.15, -0.1) is 0 Å². The van der Waals surface area contributed by atoms with E-state index in [1.54, 1.807) is 24.3 Å². The fourth-order valence-electron chi connectivity index (χ4n) is 3.07. The maximum atomic E-state index is 12.5. The van der Waals surface area contributed by atoms with Gasteiger partial charge in [0, 0.05) is 13.1 Å². The van der Waals surface area contributed by atoms with E-state index in [0.29, 0.717) is 23.9 Å². The maximum Gasteiger partial charge on any atom is 0.275 e. The Labute approximate surface area is 141 Å². The van der Waals surface area contributed by atoms with Crippen molar-refractivity contribution < 1.29 is 14.3 Å². The van der Waals surface area contributed by atoms with E-state index in [9.17, 15) is 9.90 Å². The molecule has 128 valence electrons. The summed E-state index contributed by atoms with van der Waals surface area (Å²) in [5.41, 5.74) is 7.42. The normalized spacial score (nSPS) is 19.2. The van der Waals surface area contributed by atoms with Crippen LogP contribution in [-0.2, 0) is 6.42 Å². The molecule has 3 rings (SSSR count). The SMILES string of the molecule is CC1CCCN(C(=O)c2coc(C(N)Cc3ccc(O)cc3)n2)C1. The molecule has 0 radical (unpaired) electrons. The first-order valence-corrected chi connectivity index (χ1v) is 8.31. The zero-order valence-electron chi connectivity index (χ0n) is 13.8. The second-order valence-corrected chi connectivity index (χ2v) is 6.55. The first-order chi connectivity index (χ1) is 11.5. The van der Waals surface area contributed by atoms with Crippen LogP contribution in [0.4, 0.5) is 0 Å². The molecule has 0 spiro atoms. The molecule has 6 heteroatoms. The Balaban J connectivity index is 1.65. The van der Waals surface area contributed by atoms with Crippen molar-refractivity contribution in [1.29, 1.82) is 0 Å². The van der Waals surface area contributed by atoms with Crippen molar-refractivity contribution in [1.82, 2.24) is 9.88 Å². The van der Waals surface area contributed by atoms with Gasteiger partial charge in [-0.3, -0.25) is 4.79 Å². The van der Waals surface area contributed by atoms with Gasteiger partial charge in [0.05, 0.1) is 6.04 Å². The third kappa shape index (κ3) is 3.76. The summed E-state index contributed by atoms with van der Waals surface area (Å²) in [5, 5.41) is 9.31. The maximum absolute atomic E-state index is 12.5. The van der Waals surface area contributed by atoms with Gasteiger partial charge in [0.15, 0.2) is 5.69 Å². The van der Waals surface area contributed by atoms with Gasteiger partial charge >= 0.3 is 0 Å². The number of oxazole rings is 1. The molecule has 6 nitrogen and oxygen atoms in total. The molecular formula is C18H23N3O3. The van der Waals surface area contributed by atoms with Crippen molar-refractivity contribution >= 4 is 5.91 Å². The fraction of sp³-hybridized carbons (Fsp3) is 0.444. The molecule has 2 aromatic rings. The van der Waals surface area contributed by atoms with Gasteiger partial charge in [0.25, 0.3) is 5.91 Å². The number of carbonyl (C=O) groups is 1. The Morgan fingerprint density at radius 2 is 2.21 bits per heavy atom. The Morgan fingerprint density at radius 1 is 1.46 bits per heavy atom. The van der Waals surface area contributed by atoms with E-state index in [-0.39, 0.29) is 11.7 Å². The molecule has 2 heterocycles. The van der Waals surface area contributed by atoms with E-state index in [1.165, 1.54) is 6.26 Å². The summed E-state index contributed by atoms with van der Waals surface area (Å²) in [4.78, 5) is 18.6. The number of piperidine rings is 1. The van der Waals surface area contributed by atoms with Crippen LogP contribution in [0.1, 0.15) is 47.7 Å². The summed E-state index contributed by atoms with van der Waals surface area (Å²) >= 11 is 0. The highest BCUT2D eigenvalue weighted by Gasteiger charge is 2.25. The Kier molecular flexibility index (Phi) is 4.85. The molecular weight excluding hydrogens is 306 g/mol. The molecule has 2 unspecified atom stereocenters. The van der Waals surface area contributed by atoms with Crippen LogP contribution in [0, 0.1) is 5.92 Å². The Hall–Kier alpha value is -2.34. The minimum Gasteiger partial charge on any atom is -0.508 e. The number of nitrogens with two attached hydrogens (primary N) is 1. The first kappa shape index (κ1) is 16.5. The molecule has 0 bridgehead atoms. The summed E-state index contributed by atoms with van der Waals surface area (Å²) in [6, 6.07) is 6.41. The lowest BCUT2D eigenvalue weighted by molar-refractivity contribution is 0.0677. The van der Waals surface area contributed by atoms with E-state index in [4.69, 9.17) is 10.2 Å². The monoisotopic (exact) mass is 329 g/mol. The highest BCUT2D eigenvalue weighted by Crippen LogP contribution is 2.20. The lowest BCUT2D eigenvalue weighted by Crippen LogP contribution is -2.39. The lowest BCUT2D eigenvalue weighted by atomic mass is 10.0. The van der Waals surface area contributed by atoms with Gasteiger partial charge < -0.3 is 20.2 Å². The fourth-order valence-corrected chi connectivity index (χ4v) is 3.07. The molecule has 0 saturated carbocycles. The topological polar surface area (TPSA) is 92.6 Å². The standard InChI is InChI=1S/C18H23N3O3/c1-12-3-2-8-21(10-12)18(23)16-11-24-17(20-16)15(19)9-13-4-6-14(22)7-5-13/h4-7,11-12,15,22H,2-3,8-10,19H2,1H3. The van der Waals surface area contributed by atoms with Crippen LogP contribution in [0.25, 0.3) is 0 Å². The van der Waals surface area contributed by atoms with Crippen LogP contribution in [0.5, 0.6) is 5.75 Å². The third-order valence-corrected chi connectivity index (χ3v) is 4.39. The predicted molar refractivity (Wildman–Crippen MR) is 89.5 cm³/mol. The number of hydrogen-bond donors (Lipinski definition) is 2. The summed E-state index contributed by atoms with van der Waals surface area (Å²) in [6.07, 6.45) is 4.10.